The summed E-state index contributed by atoms with van der Waals surface area (Å²) in [7, 11) is 0. The van der Waals surface area contributed by atoms with Crippen LogP contribution in [0, 0.1) is 24.1 Å². The molecule has 20 heavy (non-hydrogen) atoms. The molecule has 1 heterocycles. The molecule has 3 heteroatoms. The minimum Gasteiger partial charge on any atom is -0.255 e. The zero-order valence-electron chi connectivity index (χ0n) is 10.9. The first-order valence-electron chi connectivity index (χ1n) is 6.24. The van der Waals surface area contributed by atoms with E-state index in [0.29, 0.717) is 5.56 Å². The van der Waals surface area contributed by atoms with Crippen LogP contribution in [0.25, 0.3) is 22.0 Å². The van der Waals surface area contributed by atoms with Gasteiger partial charge in [-0.1, -0.05) is 24.3 Å². The van der Waals surface area contributed by atoms with Gasteiger partial charge in [-0.2, -0.15) is 5.26 Å². The predicted octanol–water partition coefficient (Wildman–Crippen LogP) is 4.22. The van der Waals surface area contributed by atoms with Crippen LogP contribution in [0.5, 0.6) is 0 Å². The quantitative estimate of drug-likeness (QED) is 0.658. The number of rotatable bonds is 1. The Morgan fingerprint density at radius 2 is 1.85 bits per heavy atom. The van der Waals surface area contributed by atoms with Gasteiger partial charge in [0.15, 0.2) is 0 Å². The molecule has 0 spiro atoms. The van der Waals surface area contributed by atoms with Gasteiger partial charge in [-0.25, -0.2) is 4.39 Å². The molecule has 3 aromatic rings. The summed E-state index contributed by atoms with van der Waals surface area (Å²) < 4.78 is 13.1. The smallest absolute Gasteiger partial charge is 0.123 e. The van der Waals surface area contributed by atoms with Gasteiger partial charge in [0, 0.05) is 17.1 Å². The number of benzene rings is 2. The highest BCUT2D eigenvalue weighted by atomic mass is 19.1. The number of halogens is 1. The SMILES string of the molecule is Cc1ccc2c(-c3ccc(F)cc3)c(C#N)cnc2c1. The molecule has 0 saturated heterocycles. The molecular weight excluding hydrogens is 251 g/mol. The van der Waals surface area contributed by atoms with E-state index < -0.39 is 0 Å². The molecule has 0 atom stereocenters. The Labute approximate surface area is 116 Å². The largest absolute Gasteiger partial charge is 0.255 e. The summed E-state index contributed by atoms with van der Waals surface area (Å²) in [5, 5.41) is 10.2. The molecule has 0 radical (unpaired) electrons. The molecule has 0 amide bonds. The van der Waals surface area contributed by atoms with E-state index in [9.17, 15) is 9.65 Å². The number of fused-ring (bicyclic) bond motifs is 1. The van der Waals surface area contributed by atoms with E-state index in [4.69, 9.17) is 0 Å². The van der Waals surface area contributed by atoms with Crippen molar-refractivity contribution in [1.29, 1.82) is 5.26 Å². The first-order chi connectivity index (χ1) is 9.69. The van der Waals surface area contributed by atoms with E-state index in [1.807, 2.05) is 25.1 Å². The Balaban J connectivity index is 2.37. The molecule has 3 rings (SSSR count). The van der Waals surface area contributed by atoms with Crippen LogP contribution in [0.3, 0.4) is 0 Å². The Hall–Kier alpha value is -2.73. The molecule has 2 nitrogen and oxygen atoms in total. The molecule has 0 unspecified atom stereocenters. The maximum Gasteiger partial charge on any atom is 0.123 e. The predicted molar refractivity (Wildman–Crippen MR) is 76.6 cm³/mol. The van der Waals surface area contributed by atoms with Crippen molar-refractivity contribution >= 4 is 10.9 Å². The molecule has 0 N–H and O–H groups in total. The highest BCUT2D eigenvalue weighted by Gasteiger charge is 2.11. The van der Waals surface area contributed by atoms with Crippen LogP contribution < -0.4 is 0 Å². The highest BCUT2D eigenvalue weighted by Crippen LogP contribution is 2.31. The van der Waals surface area contributed by atoms with Crippen molar-refractivity contribution in [2.75, 3.05) is 0 Å². The number of aryl methyl sites for hydroxylation is 1. The van der Waals surface area contributed by atoms with Crippen molar-refractivity contribution in [1.82, 2.24) is 4.98 Å². The van der Waals surface area contributed by atoms with Crippen LogP contribution in [0.15, 0.2) is 48.7 Å². The van der Waals surface area contributed by atoms with Gasteiger partial charge in [-0.3, -0.25) is 4.98 Å². The van der Waals surface area contributed by atoms with E-state index in [1.54, 1.807) is 18.3 Å². The van der Waals surface area contributed by atoms with Gasteiger partial charge < -0.3 is 0 Å². The van der Waals surface area contributed by atoms with Crippen LogP contribution in [-0.2, 0) is 0 Å². The maximum absolute atomic E-state index is 13.1. The van der Waals surface area contributed by atoms with Crippen molar-refractivity contribution in [3.63, 3.8) is 0 Å². The van der Waals surface area contributed by atoms with E-state index in [2.05, 4.69) is 11.1 Å². The zero-order valence-corrected chi connectivity index (χ0v) is 10.9. The van der Waals surface area contributed by atoms with E-state index in [-0.39, 0.29) is 5.82 Å². The van der Waals surface area contributed by atoms with Crippen molar-refractivity contribution in [2.45, 2.75) is 6.92 Å². The lowest BCUT2D eigenvalue weighted by atomic mass is 9.96. The second-order valence-corrected chi connectivity index (χ2v) is 4.69. The number of hydrogen-bond acceptors (Lipinski definition) is 2. The minimum absolute atomic E-state index is 0.290. The van der Waals surface area contributed by atoms with Crippen molar-refractivity contribution in [3.05, 3.63) is 65.6 Å². The summed E-state index contributed by atoms with van der Waals surface area (Å²) in [6.07, 6.45) is 1.57. The third-order valence-electron chi connectivity index (χ3n) is 3.28. The van der Waals surface area contributed by atoms with Crippen LogP contribution in [0.2, 0.25) is 0 Å². The van der Waals surface area contributed by atoms with Gasteiger partial charge in [0.05, 0.1) is 11.1 Å². The van der Waals surface area contributed by atoms with Crippen LogP contribution >= 0.6 is 0 Å². The number of pyridine rings is 1. The molecule has 0 aliphatic rings. The van der Waals surface area contributed by atoms with E-state index in [0.717, 1.165) is 27.6 Å². The average molecular weight is 262 g/mol. The van der Waals surface area contributed by atoms with Crippen molar-refractivity contribution in [2.24, 2.45) is 0 Å². The molecular formula is C17H11FN2. The molecule has 0 fully saturated rings. The second-order valence-electron chi connectivity index (χ2n) is 4.69. The lowest BCUT2D eigenvalue weighted by Gasteiger charge is -2.09. The Kier molecular flexibility index (Phi) is 2.92. The van der Waals surface area contributed by atoms with Crippen molar-refractivity contribution < 1.29 is 4.39 Å². The minimum atomic E-state index is -0.290. The van der Waals surface area contributed by atoms with Gasteiger partial charge >= 0.3 is 0 Å². The zero-order chi connectivity index (χ0) is 14.1. The molecule has 0 aliphatic heterocycles. The van der Waals surface area contributed by atoms with E-state index in [1.165, 1.54) is 12.1 Å². The van der Waals surface area contributed by atoms with Gasteiger partial charge in [0.2, 0.25) is 0 Å². The van der Waals surface area contributed by atoms with Crippen LogP contribution in [0.4, 0.5) is 4.39 Å². The average Bonchev–Trinajstić information content (AvgIpc) is 2.47. The third kappa shape index (κ3) is 2.02. The number of nitrogens with zero attached hydrogens (tertiary/aromatic N) is 2. The molecule has 0 aliphatic carbocycles. The van der Waals surface area contributed by atoms with Gasteiger partial charge in [0.1, 0.15) is 11.9 Å². The molecule has 1 aromatic heterocycles. The number of aromatic nitrogens is 1. The first kappa shape index (κ1) is 12.3. The lowest BCUT2D eigenvalue weighted by molar-refractivity contribution is 0.628. The fourth-order valence-corrected chi connectivity index (χ4v) is 2.32. The summed E-state index contributed by atoms with van der Waals surface area (Å²) in [6.45, 7) is 2.00. The molecule has 96 valence electrons. The topological polar surface area (TPSA) is 36.7 Å². The summed E-state index contributed by atoms with van der Waals surface area (Å²) in [6, 6.07) is 14.2. The van der Waals surface area contributed by atoms with Gasteiger partial charge in [0.25, 0.3) is 0 Å². The van der Waals surface area contributed by atoms with Crippen molar-refractivity contribution in [3.8, 4) is 17.2 Å². The Bertz CT molecular complexity index is 830. The van der Waals surface area contributed by atoms with Gasteiger partial charge in [-0.05, 0) is 36.2 Å². The lowest BCUT2D eigenvalue weighted by Crippen LogP contribution is -1.91. The normalized spacial score (nSPS) is 10.4. The third-order valence-corrected chi connectivity index (χ3v) is 3.28. The number of hydrogen-bond donors (Lipinski definition) is 0. The second kappa shape index (κ2) is 4.75. The maximum atomic E-state index is 13.1. The summed E-state index contributed by atoms with van der Waals surface area (Å²) in [5.41, 5.74) is 4.06. The Morgan fingerprint density at radius 1 is 1.10 bits per heavy atom. The highest BCUT2D eigenvalue weighted by molar-refractivity contribution is 5.97. The van der Waals surface area contributed by atoms with E-state index >= 15 is 0 Å². The van der Waals surface area contributed by atoms with Gasteiger partial charge in [-0.15, -0.1) is 0 Å². The Morgan fingerprint density at radius 3 is 2.55 bits per heavy atom. The fourth-order valence-electron chi connectivity index (χ4n) is 2.32. The van der Waals surface area contributed by atoms with Crippen LogP contribution in [0.1, 0.15) is 11.1 Å². The summed E-state index contributed by atoms with van der Waals surface area (Å²) in [4.78, 5) is 4.32. The monoisotopic (exact) mass is 262 g/mol. The van der Waals surface area contributed by atoms with Crippen LogP contribution in [-0.4, -0.2) is 4.98 Å². The summed E-state index contributed by atoms with van der Waals surface area (Å²) >= 11 is 0. The number of nitriles is 1. The summed E-state index contributed by atoms with van der Waals surface area (Å²) in [5.74, 6) is -0.290. The fraction of sp³-hybridized carbons (Fsp3) is 0.0588. The molecule has 2 aromatic carbocycles. The first-order valence-corrected chi connectivity index (χ1v) is 6.24. The standard InChI is InChI=1S/C17H11FN2/c1-11-2-7-15-16(8-11)20-10-13(9-19)17(15)12-3-5-14(18)6-4-12/h2-8,10H,1H3. The molecule has 0 saturated carbocycles. The molecule has 0 bridgehead atoms.